The highest BCUT2D eigenvalue weighted by Crippen LogP contribution is 2.14. The average Bonchev–Trinajstić information content (AvgIpc) is 1.67. The van der Waals surface area contributed by atoms with Gasteiger partial charge in [0.2, 0.25) is 0 Å². The minimum Gasteiger partial charge on any atom is -0.249 e. The summed E-state index contributed by atoms with van der Waals surface area (Å²) in [7, 11) is 0. The number of alkyl halides is 1. The Hall–Kier alpha value is -0.250. The quantitative estimate of drug-likeness (QED) is 0.511. The first-order valence-electron chi connectivity index (χ1n) is 2.18. The van der Waals surface area contributed by atoms with Crippen LogP contribution in [0.15, 0.2) is 0 Å². The molecule has 0 aliphatic carbocycles. The summed E-state index contributed by atoms with van der Waals surface area (Å²) in [6.45, 7) is 1.19. The fourth-order valence-corrected chi connectivity index (χ4v) is 0.0452. The first kappa shape index (κ1) is 7.75. The second-order valence-electron chi connectivity index (χ2n) is 2.18. The van der Waals surface area contributed by atoms with Gasteiger partial charge < -0.3 is 0 Å². The molecule has 0 bridgehead atoms. The smallest absolute Gasteiger partial charge is 0.113 e. The molecule has 8 heavy (non-hydrogen) atoms. The molecule has 1 nitrogen and oxygen atoms in total. The maximum atomic E-state index is 11.5. The van der Waals surface area contributed by atoms with Gasteiger partial charge in [-0.25, -0.2) is 4.39 Å². The normalized spacial score (nSPS) is 12.8. The van der Waals surface area contributed by atoms with Gasteiger partial charge in [-0.1, -0.05) is 0 Å². The van der Waals surface area contributed by atoms with Crippen LogP contribution in [0.2, 0.25) is 0 Å². The summed E-state index contributed by atoms with van der Waals surface area (Å²) in [5.41, 5.74) is -1.62. The van der Waals surface area contributed by atoms with Gasteiger partial charge in [-0.2, -0.15) is 0 Å². The molecule has 0 aromatic rings. The maximum absolute atomic E-state index is 11.5. The molecule has 0 N–H and O–H groups in total. The van der Waals surface area contributed by atoms with Gasteiger partial charge in [-0.3, -0.25) is 0 Å². The van der Waals surface area contributed by atoms with Crippen LogP contribution in [0, 0.1) is 0 Å². The highest BCUT2D eigenvalue weighted by molar-refractivity contribution is 4.69. The minimum absolute atomic E-state index is 1.04. The first-order valence-corrected chi connectivity index (χ1v) is 2.18. The summed E-state index contributed by atoms with van der Waals surface area (Å²) in [4.78, 5) is 0. The molecule has 0 saturated heterocycles. The molecule has 0 aromatic carbocycles. The molecule has 50 valence electrons. The molecular weight excluding hydrogens is 119 g/mol. The Labute approximate surface area is 46.0 Å². The van der Waals surface area contributed by atoms with E-state index in [1.54, 1.807) is 0 Å². The van der Waals surface area contributed by atoms with Gasteiger partial charge in [0, 0.05) is 5.34 Å². The van der Waals surface area contributed by atoms with Crippen LogP contribution in [-0.2, 0) is 0 Å². The topological polar surface area (TPSA) is 3.24 Å². The van der Waals surface area contributed by atoms with E-state index in [1.807, 2.05) is 0 Å². The molecular formula is C4H8F3N. The SMILES string of the molecule is CC(C)(CF)N(F)F. The summed E-state index contributed by atoms with van der Waals surface area (Å²) in [6.07, 6.45) is 0. The number of hydrogen-bond acceptors (Lipinski definition) is 1. The van der Waals surface area contributed by atoms with Crippen molar-refractivity contribution in [1.29, 1.82) is 0 Å². The van der Waals surface area contributed by atoms with E-state index in [0.717, 1.165) is 13.8 Å². The van der Waals surface area contributed by atoms with Crippen LogP contribution < -0.4 is 0 Å². The molecule has 0 aliphatic rings. The molecule has 0 rings (SSSR count). The van der Waals surface area contributed by atoms with Gasteiger partial charge in [-0.15, -0.1) is 8.96 Å². The predicted octanol–water partition coefficient (Wildman–Crippen LogP) is 1.81. The summed E-state index contributed by atoms with van der Waals surface area (Å²) in [5, 5.41) is -1.13. The summed E-state index contributed by atoms with van der Waals surface area (Å²) < 4.78 is 34.3. The molecule has 0 spiro atoms. The zero-order valence-corrected chi connectivity index (χ0v) is 4.79. The monoisotopic (exact) mass is 127 g/mol. The largest absolute Gasteiger partial charge is 0.249 e. The number of rotatable bonds is 2. The molecule has 0 heterocycles. The molecule has 0 aromatic heterocycles. The van der Waals surface area contributed by atoms with E-state index in [4.69, 9.17) is 0 Å². The third kappa shape index (κ3) is 1.69. The molecule has 0 atom stereocenters. The second kappa shape index (κ2) is 2.35. The second-order valence-corrected chi connectivity index (χ2v) is 2.18. The van der Waals surface area contributed by atoms with Crippen LogP contribution in [-0.4, -0.2) is 17.6 Å². The molecule has 0 saturated carbocycles. The van der Waals surface area contributed by atoms with Gasteiger partial charge >= 0.3 is 0 Å². The van der Waals surface area contributed by atoms with Gasteiger partial charge in [0.25, 0.3) is 0 Å². The lowest BCUT2D eigenvalue weighted by molar-refractivity contribution is -0.224. The van der Waals surface area contributed by atoms with Crippen molar-refractivity contribution in [2.75, 3.05) is 6.67 Å². The minimum atomic E-state index is -1.62. The Balaban J connectivity index is 3.71. The van der Waals surface area contributed by atoms with Crippen molar-refractivity contribution in [3.63, 3.8) is 0 Å². The predicted molar refractivity (Wildman–Crippen MR) is 24.1 cm³/mol. The Bertz CT molecular complexity index is 71.7. The van der Waals surface area contributed by atoms with Gasteiger partial charge in [0.15, 0.2) is 0 Å². The van der Waals surface area contributed by atoms with Crippen LogP contribution in [0.4, 0.5) is 13.4 Å². The first-order chi connectivity index (χ1) is 3.50. The van der Waals surface area contributed by atoms with E-state index < -0.39 is 17.6 Å². The lowest BCUT2D eigenvalue weighted by Crippen LogP contribution is -2.34. The van der Waals surface area contributed by atoms with E-state index in [-0.39, 0.29) is 0 Å². The average molecular weight is 127 g/mol. The van der Waals surface area contributed by atoms with E-state index >= 15 is 0 Å². The fourth-order valence-electron chi connectivity index (χ4n) is 0.0452. The molecule has 0 unspecified atom stereocenters. The molecule has 0 amide bonds. The van der Waals surface area contributed by atoms with E-state index in [0.29, 0.717) is 0 Å². The summed E-state index contributed by atoms with van der Waals surface area (Å²) in [6, 6.07) is 0. The van der Waals surface area contributed by atoms with Crippen molar-refractivity contribution >= 4 is 0 Å². The number of halogens is 3. The highest BCUT2D eigenvalue weighted by atomic mass is 19.4. The zero-order valence-electron chi connectivity index (χ0n) is 4.79. The van der Waals surface area contributed by atoms with Gasteiger partial charge in [0.1, 0.15) is 12.2 Å². The third-order valence-electron chi connectivity index (χ3n) is 0.785. The molecule has 0 radical (unpaired) electrons. The van der Waals surface area contributed by atoms with Crippen molar-refractivity contribution < 1.29 is 13.4 Å². The lowest BCUT2D eigenvalue weighted by Gasteiger charge is -2.18. The van der Waals surface area contributed by atoms with Crippen molar-refractivity contribution in [1.82, 2.24) is 5.34 Å². The Morgan fingerprint density at radius 2 is 1.75 bits per heavy atom. The zero-order chi connectivity index (χ0) is 6.78. The van der Waals surface area contributed by atoms with Crippen molar-refractivity contribution in [3.8, 4) is 0 Å². The van der Waals surface area contributed by atoms with E-state index in [9.17, 15) is 13.4 Å². The number of nitrogens with zero attached hydrogens (tertiary/aromatic N) is 1. The van der Waals surface area contributed by atoms with Crippen LogP contribution in [0.5, 0.6) is 0 Å². The van der Waals surface area contributed by atoms with Gasteiger partial charge in [-0.05, 0) is 13.8 Å². The summed E-state index contributed by atoms with van der Waals surface area (Å²) >= 11 is 0. The Kier molecular flexibility index (Phi) is 2.27. The van der Waals surface area contributed by atoms with Crippen molar-refractivity contribution in [2.45, 2.75) is 19.4 Å². The van der Waals surface area contributed by atoms with Crippen LogP contribution in [0.1, 0.15) is 13.8 Å². The van der Waals surface area contributed by atoms with E-state index in [2.05, 4.69) is 0 Å². The molecule has 4 heteroatoms. The fraction of sp³-hybridized carbons (Fsp3) is 1.00. The standard InChI is InChI=1S/C4H8F3N/c1-4(2,3-5)8(6)7/h3H2,1-2H3. The third-order valence-corrected chi connectivity index (χ3v) is 0.785. The van der Waals surface area contributed by atoms with Crippen LogP contribution in [0.25, 0.3) is 0 Å². The number of hydrogen-bond donors (Lipinski definition) is 0. The molecule has 0 aliphatic heterocycles. The van der Waals surface area contributed by atoms with Crippen molar-refractivity contribution in [3.05, 3.63) is 0 Å². The van der Waals surface area contributed by atoms with E-state index in [1.165, 1.54) is 0 Å². The molecule has 0 fully saturated rings. The highest BCUT2D eigenvalue weighted by Gasteiger charge is 2.27. The Morgan fingerprint density at radius 3 is 1.75 bits per heavy atom. The van der Waals surface area contributed by atoms with Crippen molar-refractivity contribution in [2.24, 2.45) is 0 Å². The van der Waals surface area contributed by atoms with Crippen LogP contribution >= 0.6 is 0 Å². The van der Waals surface area contributed by atoms with Crippen LogP contribution in [0.3, 0.4) is 0 Å². The Morgan fingerprint density at radius 1 is 1.38 bits per heavy atom. The maximum Gasteiger partial charge on any atom is 0.113 e. The lowest BCUT2D eigenvalue weighted by atomic mass is 10.1. The van der Waals surface area contributed by atoms with Gasteiger partial charge in [0.05, 0.1) is 0 Å². The summed E-state index contributed by atoms with van der Waals surface area (Å²) in [5.74, 6) is 0.